The van der Waals surface area contributed by atoms with Crippen LogP contribution in [-0.2, 0) is 13.0 Å². The van der Waals surface area contributed by atoms with Gasteiger partial charge in [0.05, 0.1) is 10.7 Å². The highest BCUT2D eigenvalue weighted by atomic mass is 32.1. The zero-order chi connectivity index (χ0) is 10.7. The lowest BCUT2D eigenvalue weighted by atomic mass is 10.3. The Labute approximate surface area is 95.1 Å². The summed E-state index contributed by atoms with van der Waals surface area (Å²) in [7, 11) is 0. The third-order valence-corrected chi connectivity index (χ3v) is 3.90. The molecule has 1 aliphatic rings. The van der Waals surface area contributed by atoms with E-state index in [1.807, 2.05) is 0 Å². The van der Waals surface area contributed by atoms with Crippen LogP contribution in [0, 0.1) is 11.8 Å². The van der Waals surface area contributed by atoms with Crippen LogP contribution in [0.1, 0.15) is 24.0 Å². The molecule has 1 heterocycles. The number of hydrogen-bond acceptors (Lipinski definition) is 4. The Hall–Kier alpha value is -0.450. The Morgan fingerprint density at radius 1 is 1.67 bits per heavy atom. The molecule has 0 bridgehead atoms. The summed E-state index contributed by atoms with van der Waals surface area (Å²) in [6.07, 6.45) is 2.30. The average Bonchev–Trinajstić information content (AvgIpc) is 2.74. The van der Waals surface area contributed by atoms with Crippen LogP contribution in [0.25, 0.3) is 0 Å². The molecule has 1 aromatic heterocycles. The first-order valence-corrected chi connectivity index (χ1v) is 6.51. The molecule has 1 aliphatic carbocycles. The summed E-state index contributed by atoms with van der Waals surface area (Å²) in [5, 5.41) is 6.76. The number of nitrogens with two attached hydrogens (primary N) is 1. The van der Waals surface area contributed by atoms with Gasteiger partial charge in [-0.1, -0.05) is 6.92 Å². The molecule has 15 heavy (non-hydrogen) atoms. The number of hydrogen-bond donors (Lipinski definition) is 2. The van der Waals surface area contributed by atoms with E-state index in [4.69, 9.17) is 5.73 Å². The summed E-state index contributed by atoms with van der Waals surface area (Å²) in [6, 6.07) is 0. The van der Waals surface area contributed by atoms with Gasteiger partial charge < -0.3 is 11.1 Å². The predicted octanol–water partition coefficient (Wildman–Crippen LogP) is 1.39. The molecule has 0 aromatic carbocycles. The van der Waals surface area contributed by atoms with Gasteiger partial charge in [0.1, 0.15) is 0 Å². The van der Waals surface area contributed by atoms with E-state index in [0.29, 0.717) is 6.54 Å². The molecule has 4 heteroatoms. The van der Waals surface area contributed by atoms with Gasteiger partial charge in [-0.25, -0.2) is 4.98 Å². The van der Waals surface area contributed by atoms with Gasteiger partial charge in [-0.15, -0.1) is 11.3 Å². The van der Waals surface area contributed by atoms with E-state index >= 15 is 0 Å². The summed E-state index contributed by atoms with van der Waals surface area (Å²) >= 11 is 1.72. The monoisotopic (exact) mass is 225 g/mol. The van der Waals surface area contributed by atoms with Crippen LogP contribution < -0.4 is 11.1 Å². The third kappa shape index (κ3) is 3.26. The van der Waals surface area contributed by atoms with Crippen molar-refractivity contribution in [1.82, 2.24) is 10.3 Å². The third-order valence-electron chi connectivity index (χ3n) is 2.95. The van der Waals surface area contributed by atoms with Crippen molar-refractivity contribution in [2.75, 3.05) is 13.1 Å². The first-order chi connectivity index (χ1) is 7.29. The fourth-order valence-corrected chi connectivity index (χ4v) is 2.55. The van der Waals surface area contributed by atoms with Crippen molar-refractivity contribution in [3.8, 4) is 0 Å². The van der Waals surface area contributed by atoms with E-state index in [2.05, 4.69) is 22.6 Å². The Morgan fingerprint density at radius 3 is 3.13 bits per heavy atom. The first kappa shape index (κ1) is 11.0. The van der Waals surface area contributed by atoms with Crippen LogP contribution in [0.3, 0.4) is 0 Å². The molecule has 3 nitrogen and oxygen atoms in total. The molecule has 1 fully saturated rings. The van der Waals surface area contributed by atoms with Gasteiger partial charge in [0.15, 0.2) is 0 Å². The van der Waals surface area contributed by atoms with Crippen molar-refractivity contribution in [3.63, 3.8) is 0 Å². The second-order valence-corrected chi connectivity index (χ2v) is 5.32. The Morgan fingerprint density at radius 2 is 2.47 bits per heavy atom. The minimum absolute atomic E-state index is 0.694. The topological polar surface area (TPSA) is 50.9 Å². The van der Waals surface area contributed by atoms with Crippen LogP contribution in [0.15, 0.2) is 5.38 Å². The molecule has 3 N–H and O–H groups in total. The Bertz CT molecular complexity index is 311. The lowest BCUT2D eigenvalue weighted by Gasteiger charge is -2.00. The largest absolute Gasteiger partial charge is 0.330 e. The number of thiazole rings is 1. The molecule has 2 unspecified atom stereocenters. The highest BCUT2D eigenvalue weighted by molar-refractivity contribution is 7.09. The molecule has 1 saturated carbocycles. The maximum atomic E-state index is 5.48. The Kier molecular flexibility index (Phi) is 3.72. The van der Waals surface area contributed by atoms with Gasteiger partial charge in [0.2, 0.25) is 0 Å². The minimum Gasteiger partial charge on any atom is -0.330 e. The lowest BCUT2D eigenvalue weighted by molar-refractivity contribution is 0.606. The molecule has 1 aromatic rings. The number of nitrogens with one attached hydrogen (secondary N) is 1. The number of aromatic nitrogens is 1. The van der Waals surface area contributed by atoms with Crippen molar-refractivity contribution < 1.29 is 0 Å². The van der Waals surface area contributed by atoms with Crippen molar-refractivity contribution in [1.29, 1.82) is 0 Å². The molecular formula is C11H19N3S. The highest BCUT2D eigenvalue weighted by Gasteiger charge is 2.31. The smallest absolute Gasteiger partial charge is 0.0941 e. The summed E-state index contributed by atoms with van der Waals surface area (Å²) in [6.45, 7) is 5.06. The molecule has 2 rings (SSSR count). The summed E-state index contributed by atoms with van der Waals surface area (Å²) < 4.78 is 0. The predicted molar refractivity (Wildman–Crippen MR) is 63.9 cm³/mol. The zero-order valence-corrected chi connectivity index (χ0v) is 10.0. The van der Waals surface area contributed by atoms with Crippen LogP contribution in [-0.4, -0.2) is 18.1 Å². The molecule has 0 saturated heterocycles. The summed E-state index contributed by atoms with van der Waals surface area (Å²) in [4.78, 5) is 4.51. The summed E-state index contributed by atoms with van der Waals surface area (Å²) in [5.74, 6) is 1.84. The first-order valence-electron chi connectivity index (χ1n) is 5.63. The van der Waals surface area contributed by atoms with Gasteiger partial charge in [0.25, 0.3) is 0 Å². The zero-order valence-electron chi connectivity index (χ0n) is 9.20. The van der Waals surface area contributed by atoms with Gasteiger partial charge in [-0.05, 0) is 31.3 Å². The molecule has 0 radical (unpaired) electrons. The van der Waals surface area contributed by atoms with E-state index in [9.17, 15) is 0 Å². The van der Waals surface area contributed by atoms with E-state index in [1.165, 1.54) is 6.42 Å². The second kappa shape index (κ2) is 5.05. The van der Waals surface area contributed by atoms with Crippen molar-refractivity contribution in [2.45, 2.75) is 26.3 Å². The van der Waals surface area contributed by atoms with Gasteiger partial charge in [0, 0.05) is 18.3 Å². The quantitative estimate of drug-likeness (QED) is 0.769. The molecule has 2 atom stereocenters. The number of nitrogens with zero attached hydrogens (tertiary/aromatic N) is 1. The summed E-state index contributed by atoms with van der Waals surface area (Å²) in [5.41, 5.74) is 6.65. The van der Waals surface area contributed by atoms with Crippen LogP contribution in [0.4, 0.5) is 0 Å². The van der Waals surface area contributed by atoms with E-state index in [1.54, 1.807) is 11.3 Å². The van der Waals surface area contributed by atoms with Crippen LogP contribution in [0.5, 0.6) is 0 Å². The fourth-order valence-electron chi connectivity index (χ4n) is 1.74. The molecule has 0 amide bonds. The average molecular weight is 225 g/mol. The molecule has 84 valence electrons. The normalized spacial score (nSPS) is 24.4. The van der Waals surface area contributed by atoms with E-state index in [0.717, 1.165) is 42.0 Å². The van der Waals surface area contributed by atoms with E-state index in [-0.39, 0.29) is 0 Å². The fraction of sp³-hybridized carbons (Fsp3) is 0.727. The van der Waals surface area contributed by atoms with E-state index < -0.39 is 0 Å². The van der Waals surface area contributed by atoms with Crippen molar-refractivity contribution >= 4 is 11.3 Å². The standard InChI is InChI=1S/C11H19N3S/c1-8-4-9(8)5-13-6-10-7-15-11(14-10)2-3-12/h7-9,13H,2-6,12H2,1H3. The SMILES string of the molecule is CC1CC1CNCc1csc(CCN)n1. The maximum absolute atomic E-state index is 5.48. The molecule has 0 aliphatic heterocycles. The van der Waals surface area contributed by atoms with Crippen molar-refractivity contribution in [2.24, 2.45) is 17.6 Å². The molecular weight excluding hydrogens is 206 g/mol. The van der Waals surface area contributed by atoms with Gasteiger partial charge in [-0.2, -0.15) is 0 Å². The second-order valence-electron chi connectivity index (χ2n) is 4.38. The van der Waals surface area contributed by atoms with Crippen LogP contribution in [0.2, 0.25) is 0 Å². The number of rotatable bonds is 6. The minimum atomic E-state index is 0.694. The maximum Gasteiger partial charge on any atom is 0.0941 e. The van der Waals surface area contributed by atoms with Crippen LogP contribution >= 0.6 is 11.3 Å². The highest BCUT2D eigenvalue weighted by Crippen LogP contribution is 2.36. The van der Waals surface area contributed by atoms with Crippen molar-refractivity contribution in [3.05, 3.63) is 16.1 Å². The van der Waals surface area contributed by atoms with Gasteiger partial charge in [-0.3, -0.25) is 0 Å². The Balaban J connectivity index is 1.68. The molecule has 0 spiro atoms. The van der Waals surface area contributed by atoms with Gasteiger partial charge >= 0.3 is 0 Å². The lowest BCUT2D eigenvalue weighted by Crippen LogP contribution is -2.17.